The zero-order chi connectivity index (χ0) is 9.56. The summed E-state index contributed by atoms with van der Waals surface area (Å²) >= 11 is 0. The SMILES string of the molecule is C=CCN(N)C(=O)/C=C(\C)CC. The number of rotatable bonds is 4. The second kappa shape index (κ2) is 5.55. The van der Waals surface area contributed by atoms with Crippen molar-refractivity contribution in [3.63, 3.8) is 0 Å². The lowest BCUT2D eigenvalue weighted by Crippen LogP contribution is -2.36. The van der Waals surface area contributed by atoms with E-state index < -0.39 is 0 Å². The van der Waals surface area contributed by atoms with E-state index in [2.05, 4.69) is 6.58 Å². The number of nitrogens with two attached hydrogens (primary N) is 1. The molecule has 0 radical (unpaired) electrons. The maximum atomic E-state index is 11.2. The van der Waals surface area contributed by atoms with Crippen molar-refractivity contribution in [3.05, 3.63) is 24.3 Å². The molecule has 3 nitrogen and oxygen atoms in total. The lowest BCUT2D eigenvalue weighted by Gasteiger charge is -2.11. The number of carbonyl (C=O) groups excluding carboxylic acids is 1. The third-order valence-corrected chi connectivity index (χ3v) is 1.54. The molecule has 0 aliphatic heterocycles. The molecule has 2 N–H and O–H groups in total. The van der Waals surface area contributed by atoms with Gasteiger partial charge in [-0.05, 0) is 13.3 Å². The van der Waals surface area contributed by atoms with Crippen molar-refractivity contribution in [3.8, 4) is 0 Å². The van der Waals surface area contributed by atoms with Gasteiger partial charge >= 0.3 is 0 Å². The van der Waals surface area contributed by atoms with Gasteiger partial charge in [0.2, 0.25) is 0 Å². The smallest absolute Gasteiger partial charge is 0.260 e. The third-order valence-electron chi connectivity index (χ3n) is 1.54. The van der Waals surface area contributed by atoms with Crippen LogP contribution in [0.3, 0.4) is 0 Å². The molecule has 12 heavy (non-hydrogen) atoms. The summed E-state index contributed by atoms with van der Waals surface area (Å²) in [6.45, 7) is 7.77. The second-order valence-electron chi connectivity index (χ2n) is 2.62. The average Bonchev–Trinajstić information content (AvgIpc) is 2.04. The minimum absolute atomic E-state index is 0.172. The number of carbonyl (C=O) groups is 1. The molecule has 0 atom stereocenters. The minimum Gasteiger partial charge on any atom is -0.273 e. The van der Waals surface area contributed by atoms with Crippen molar-refractivity contribution in [2.45, 2.75) is 20.3 Å². The zero-order valence-corrected chi connectivity index (χ0v) is 7.71. The standard InChI is InChI=1S/C9H16N2O/c1-4-6-11(10)9(12)7-8(3)5-2/h4,7H,1,5-6,10H2,2-3H3/b8-7+. The number of hydrogen-bond acceptors (Lipinski definition) is 2. The van der Waals surface area contributed by atoms with Gasteiger partial charge in [0, 0.05) is 6.08 Å². The topological polar surface area (TPSA) is 46.3 Å². The number of hydrogen-bond donors (Lipinski definition) is 1. The van der Waals surface area contributed by atoms with E-state index >= 15 is 0 Å². The van der Waals surface area contributed by atoms with Crippen molar-refractivity contribution < 1.29 is 4.79 Å². The third kappa shape index (κ3) is 3.93. The van der Waals surface area contributed by atoms with Crippen LogP contribution in [0.5, 0.6) is 0 Å². The zero-order valence-electron chi connectivity index (χ0n) is 7.71. The molecule has 0 spiro atoms. The normalized spacial score (nSPS) is 11.1. The first-order valence-corrected chi connectivity index (χ1v) is 3.96. The van der Waals surface area contributed by atoms with Gasteiger partial charge in [-0.15, -0.1) is 6.58 Å². The molecule has 0 unspecified atom stereocenters. The molecule has 0 saturated heterocycles. The van der Waals surface area contributed by atoms with Gasteiger partial charge in [0.25, 0.3) is 5.91 Å². The van der Waals surface area contributed by atoms with E-state index in [1.54, 1.807) is 12.2 Å². The highest BCUT2D eigenvalue weighted by atomic mass is 16.2. The van der Waals surface area contributed by atoms with Crippen LogP contribution in [0, 0.1) is 0 Å². The molecule has 0 aromatic rings. The Kier molecular flexibility index (Phi) is 5.04. The van der Waals surface area contributed by atoms with Crippen LogP contribution < -0.4 is 5.84 Å². The van der Waals surface area contributed by atoms with Crippen LogP contribution in [0.15, 0.2) is 24.3 Å². The van der Waals surface area contributed by atoms with Gasteiger partial charge < -0.3 is 0 Å². The Balaban J connectivity index is 4.11. The van der Waals surface area contributed by atoms with E-state index in [0.717, 1.165) is 17.0 Å². The lowest BCUT2D eigenvalue weighted by atomic mass is 10.2. The van der Waals surface area contributed by atoms with Crippen LogP contribution in [0.25, 0.3) is 0 Å². The van der Waals surface area contributed by atoms with E-state index in [1.165, 1.54) is 0 Å². The Labute approximate surface area is 73.5 Å². The summed E-state index contributed by atoms with van der Waals surface area (Å²) in [6, 6.07) is 0. The first-order chi connectivity index (χ1) is 5.61. The summed E-state index contributed by atoms with van der Waals surface area (Å²) < 4.78 is 0. The molecule has 68 valence electrons. The van der Waals surface area contributed by atoms with Crippen molar-refractivity contribution in [2.75, 3.05) is 6.54 Å². The number of allylic oxidation sites excluding steroid dienone is 1. The van der Waals surface area contributed by atoms with Crippen LogP contribution in [0.4, 0.5) is 0 Å². The molecule has 0 aliphatic rings. The summed E-state index contributed by atoms with van der Waals surface area (Å²) in [7, 11) is 0. The maximum absolute atomic E-state index is 11.2. The summed E-state index contributed by atoms with van der Waals surface area (Å²) in [5.41, 5.74) is 1.03. The lowest BCUT2D eigenvalue weighted by molar-refractivity contribution is -0.125. The molecule has 0 bridgehead atoms. The van der Waals surface area contributed by atoms with Gasteiger partial charge in [0.15, 0.2) is 0 Å². The van der Waals surface area contributed by atoms with Crippen molar-refractivity contribution in [1.82, 2.24) is 5.01 Å². The molecule has 0 rings (SSSR count). The molecule has 0 heterocycles. The molecule has 3 heteroatoms. The first-order valence-electron chi connectivity index (χ1n) is 3.96. The molecule has 0 saturated carbocycles. The Morgan fingerprint density at radius 3 is 2.67 bits per heavy atom. The Hall–Kier alpha value is -1.09. The van der Waals surface area contributed by atoms with Crippen LogP contribution in [0.2, 0.25) is 0 Å². The molecular weight excluding hydrogens is 152 g/mol. The van der Waals surface area contributed by atoms with Gasteiger partial charge in [0.05, 0.1) is 6.54 Å². The van der Waals surface area contributed by atoms with Crippen molar-refractivity contribution in [1.29, 1.82) is 0 Å². The van der Waals surface area contributed by atoms with E-state index in [-0.39, 0.29) is 5.91 Å². The van der Waals surface area contributed by atoms with Gasteiger partial charge in [-0.25, -0.2) is 5.84 Å². The van der Waals surface area contributed by atoms with Crippen LogP contribution >= 0.6 is 0 Å². The summed E-state index contributed by atoms with van der Waals surface area (Å²) in [5, 5.41) is 1.13. The highest BCUT2D eigenvalue weighted by Crippen LogP contribution is 1.98. The minimum atomic E-state index is -0.172. The molecular formula is C9H16N2O. The van der Waals surface area contributed by atoms with Crippen LogP contribution in [-0.4, -0.2) is 17.5 Å². The fourth-order valence-electron chi connectivity index (χ4n) is 0.625. The van der Waals surface area contributed by atoms with Crippen LogP contribution in [-0.2, 0) is 4.79 Å². The van der Waals surface area contributed by atoms with E-state index in [9.17, 15) is 4.79 Å². The quantitative estimate of drug-likeness (QED) is 0.226. The van der Waals surface area contributed by atoms with Crippen molar-refractivity contribution >= 4 is 5.91 Å². The average molecular weight is 168 g/mol. The summed E-state index contributed by atoms with van der Waals surface area (Å²) in [6.07, 6.45) is 4.00. The fraction of sp³-hybridized carbons (Fsp3) is 0.444. The molecule has 0 aromatic carbocycles. The number of amides is 1. The highest BCUT2D eigenvalue weighted by Gasteiger charge is 2.02. The molecule has 1 amide bonds. The molecule has 0 aromatic heterocycles. The number of hydrazine groups is 1. The molecule has 0 fully saturated rings. The van der Waals surface area contributed by atoms with E-state index in [4.69, 9.17) is 5.84 Å². The Bertz CT molecular complexity index is 197. The van der Waals surface area contributed by atoms with Crippen molar-refractivity contribution in [2.24, 2.45) is 5.84 Å². The summed E-state index contributed by atoms with van der Waals surface area (Å²) in [5.74, 6) is 5.23. The number of nitrogens with zero attached hydrogens (tertiary/aromatic N) is 1. The second-order valence-corrected chi connectivity index (χ2v) is 2.62. The Morgan fingerprint density at radius 1 is 1.67 bits per heavy atom. The monoisotopic (exact) mass is 168 g/mol. The maximum Gasteiger partial charge on any atom is 0.260 e. The predicted molar refractivity (Wildman–Crippen MR) is 50.1 cm³/mol. The fourth-order valence-corrected chi connectivity index (χ4v) is 0.625. The van der Waals surface area contributed by atoms with Gasteiger partial charge in [-0.2, -0.15) is 0 Å². The van der Waals surface area contributed by atoms with E-state index in [1.807, 2.05) is 13.8 Å². The summed E-state index contributed by atoms with van der Waals surface area (Å²) in [4.78, 5) is 11.2. The Morgan fingerprint density at radius 2 is 2.25 bits per heavy atom. The molecule has 0 aliphatic carbocycles. The largest absolute Gasteiger partial charge is 0.273 e. The van der Waals surface area contributed by atoms with Gasteiger partial charge in [-0.3, -0.25) is 9.80 Å². The van der Waals surface area contributed by atoms with Gasteiger partial charge in [0.1, 0.15) is 0 Å². The van der Waals surface area contributed by atoms with E-state index in [0.29, 0.717) is 6.54 Å². The first kappa shape index (κ1) is 10.9. The van der Waals surface area contributed by atoms with Crippen LogP contribution in [0.1, 0.15) is 20.3 Å². The highest BCUT2D eigenvalue weighted by molar-refractivity contribution is 5.87. The van der Waals surface area contributed by atoms with Gasteiger partial charge in [-0.1, -0.05) is 18.6 Å². The predicted octanol–water partition coefficient (Wildman–Crippen LogP) is 1.23.